The van der Waals surface area contributed by atoms with Gasteiger partial charge in [0.15, 0.2) is 5.69 Å². The average molecular weight is 243 g/mol. The Kier molecular flexibility index (Phi) is 3.03. The lowest BCUT2D eigenvalue weighted by Crippen LogP contribution is -2.24. The number of carbonyl (C=O) groups excluding carboxylic acids is 1. The van der Waals surface area contributed by atoms with Crippen molar-refractivity contribution in [3.63, 3.8) is 0 Å². The quantitative estimate of drug-likeness (QED) is 0.751. The molecular formula is C7H7BrN4O. The zero-order chi connectivity index (χ0) is 9.84. The normalized spacial score (nSPS) is 9.31. The van der Waals surface area contributed by atoms with Crippen LogP contribution in [0.25, 0.3) is 0 Å². The summed E-state index contributed by atoms with van der Waals surface area (Å²) in [5.41, 5.74) is 1.05. The van der Waals surface area contributed by atoms with Gasteiger partial charge in [-0.25, -0.2) is 0 Å². The first kappa shape index (κ1) is 9.74. The van der Waals surface area contributed by atoms with Crippen molar-refractivity contribution < 1.29 is 4.79 Å². The summed E-state index contributed by atoms with van der Waals surface area (Å²) in [6, 6.07) is 1.81. The smallest absolute Gasteiger partial charge is 0.273 e. The van der Waals surface area contributed by atoms with Crippen molar-refractivity contribution in [3.8, 4) is 6.07 Å². The molecule has 5 nitrogen and oxygen atoms in total. The molecule has 0 atom stereocenters. The molecule has 1 heterocycles. The van der Waals surface area contributed by atoms with Gasteiger partial charge in [-0.2, -0.15) is 10.4 Å². The van der Waals surface area contributed by atoms with E-state index in [1.165, 1.54) is 0 Å². The maximum absolute atomic E-state index is 11.3. The minimum absolute atomic E-state index is 0.0167. The Labute approximate surface area is 83.3 Å². The van der Waals surface area contributed by atoms with Crippen LogP contribution in [-0.4, -0.2) is 22.6 Å². The summed E-state index contributed by atoms with van der Waals surface area (Å²) >= 11 is 3.21. The van der Waals surface area contributed by atoms with Gasteiger partial charge in [0.1, 0.15) is 6.54 Å². The lowest BCUT2D eigenvalue weighted by atomic mass is 10.3. The number of rotatable bonds is 2. The summed E-state index contributed by atoms with van der Waals surface area (Å²) in [4.78, 5) is 11.3. The van der Waals surface area contributed by atoms with Gasteiger partial charge in [0.2, 0.25) is 0 Å². The molecule has 0 aliphatic rings. The topological polar surface area (TPSA) is 81.6 Å². The van der Waals surface area contributed by atoms with E-state index in [1.807, 2.05) is 6.07 Å². The van der Waals surface area contributed by atoms with Crippen LogP contribution < -0.4 is 5.32 Å². The fourth-order valence-corrected chi connectivity index (χ4v) is 1.13. The van der Waals surface area contributed by atoms with Crippen molar-refractivity contribution in [2.45, 2.75) is 6.92 Å². The summed E-state index contributed by atoms with van der Waals surface area (Å²) in [5, 5.41) is 17.1. The summed E-state index contributed by atoms with van der Waals surface area (Å²) in [5.74, 6) is -0.363. The number of hydrogen-bond donors (Lipinski definition) is 2. The summed E-state index contributed by atoms with van der Waals surface area (Å²) in [6.07, 6.45) is 0. The molecule has 1 rings (SSSR count). The van der Waals surface area contributed by atoms with Crippen LogP contribution >= 0.6 is 15.9 Å². The second kappa shape index (κ2) is 4.05. The van der Waals surface area contributed by atoms with Gasteiger partial charge in [-0.15, -0.1) is 0 Å². The van der Waals surface area contributed by atoms with Gasteiger partial charge < -0.3 is 5.32 Å². The van der Waals surface area contributed by atoms with Gasteiger partial charge in [0, 0.05) is 5.69 Å². The Morgan fingerprint density at radius 1 is 1.85 bits per heavy atom. The highest BCUT2D eigenvalue weighted by molar-refractivity contribution is 9.10. The minimum atomic E-state index is -0.363. The van der Waals surface area contributed by atoms with E-state index in [1.54, 1.807) is 6.92 Å². The molecule has 0 saturated carbocycles. The van der Waals surface area contributed by atoms with Crippen molar-refractivity contribution in [1.29, 1.82) is 5.26 Å². The number of nitrogens with one attached hydrogen (secondary N) is 2. The fraction of sp³-hybridized carbons (Fsp3) is 0.286. The highest BCUT2D eigenvalue weighted by Crippen LogP contribution is 2.17. The summed E-state index contributed by atoms with van der Waals surface area (Å²) < 4.78 is 0.628. The largest absolute Gasteiger partial charge is 0.338 e. The number of H-pyrrole nitrogens is 1. The molecule has 0 aliphatic carbocycles. The number of carbonyl (C=O) groups is 1. The number of hydrogen-bond acceptors (Lipinski definition) is 3. The molecular weight excluding hydrogens is 236 g/mol. The molecule has 0 fully saturated rings. The Morgan fingerprint density at radius 2 is 2.54 bits per heavy atom. The van der Waals surface area contributed by atoms with E-state index in [0.29, 0.717) is 4.47 Å². The van der Waals surface area contributed by atoms with Crippen molar-refractivity contribution in [2.24, 2.45) is 0 Å². The van der Waals surface area contributed by atoms with E-state index in [9.17, 15) is 4.79 Å². The molecule has 2 N–H and O–H groups in total. The molecule has 0 bridgehead atoms. The van der Waals surface area contributed by atoms with Crippen LogP contribution in [-0.2, 0) is 0 Å². The fourth-order valence-electron chi connectivity index (χ4n) is 0.769. The number of amides is 1. The Balaban J connectivity index is 2.78. The van der Waals surface area contributed by atoms with Crippen LogP contribution in [0.5, 0.6) is 0 Å². The number of aromatic nitrogens is 2. The van der Waals surface area contributed by atoms with Crippen molar-refractivity contribution >= 4 is 21.8 Å². The first-order chi connectivity index (χ1) is 6.16. The standard InChI is InChI=1S/C7H7BrN4O/c1-4-5(8)6(12-11-4)7(13)10-3-2-9/h3H2,1H3,(H,10,13)(H,11,12). The lowest BCUT2D eigenvalue weighted by molar-refractivity contribution is 0.0952. The van der Waals surface area contributed by atoms with Gasteiger partial charge in [-0.3, -0.25) is 9.89 Å². The van der Waals surface area contributed by atoms with Crippen LogP contribution in [0, 0.1) is 18.3 Å². The maximum atomic E-state index is 11.3. The van der Waals surface area contributed by atoms with E-state index < -0.39 is 0 Å². The zero-order valence-corrected chi connectivity index (χ0v) is 8.47. The van der Waals surface area contributed by atoms with Crippen LogP contribution in [0.1, 0.15) is 16.2 Å². The molecule has 1 aromatic heterocycles. The van der Waals surface area contributed by atoms with Gasteiger partial charge >= 0.3 is 0 Å². The monoisotopic (exact) mass is 242 g/mol. The third kappa shape index (κ3) is 2.06. The molecule has 68 valence electrons. The Bertz CT molecular complexity index is 365. The first-order valence-electron chi connectivity index (χ1n) is 3.52. The number of halogens is 1. The van der Waals surface area contributed by atoms with Crippen molar-refractivity contribution in [1.82, 2.24) is 15.5 Å². The number of nitrogens with zero attached hydrogens (tertiary/aromatic N) is 2. The predicted molar refractivity (Wildman–Crippen MR) is 49.0 cm³/mol. The van der Waals surface area contributed by atoms with Gasteiger partial charge in [0.25, 0.3) is 5.91 Å². The van der Waals surface area contributed by atoms with E-state index >= 15 is 0 Å². The third-order valence-electron chi connectivity index (χ3n) is 1.42. The molecule has 0 unspecified atom stereocenters. The summed E-state index contributed by atoms with van der Waals surface area (Å²) in [7, 11) is 0. The molecule has 13 heavy (non-hydrogen) atoms. The van der Waals surface area contributed by atoms with E-state index in [-0.39, 0.29) is 18.1 Å². The van der Waals surface area contributed by atoms with E-state index in [0.717, 1.165) is 5.69 Å². The summed E-state index contributed by atoms with van der Waals surface area (Å²) in [6.45, 7) is 1.77. The Morgan fingerprint density at radius 3 is 3.00 bits per heavy atom. The van der Waals surface area contributed by atoms with Gasteiger partial charge in [0.05, 0.1) is 10.5 Å². The van der Waals surface area contributed by atoms with Crippen molar-refractivity contribution in [2.75, 3.05) is 6.54 Å². The number of aryl methyl sites for hydroxylation is 1. The first-order valence-corrected chi connectivity index (χ1v) is 4.31. The van der Waals surface area contributed by atoms with Crippen LogP contribution in [0.3, 0.4) is 0 Å². The van der Waals surface area contributed by atoms with Crippen molar-refractivity contribution in [3.05, 3.63) is 15.9 Å². The lowest BCUT2D eigenvalue weighted by Gasteiger charge is -1.96. The molecule has 6 heteroatoms. The predicted octanol–water partition coefficient (Wildman–Crippen LogP) is 0.734. The molecule has 0 saturated heterocycles. The van der Waals surface area contributed by atoms with Crippen LogP contribution in [0.15, 0.2) is 4.47 Å². The van der Waals surface area contributed by atoms with E-state index in [2.05, 4.69) is 31.4 Å². The highest BCUT2D eigenvalue weighted by atomic mass is 79.9. The average Bonchev–Trinajstić information content (AvgIpc) is 2.44. The Hall–Kier alpha value is -1.35. The van der Waals surface area contributed by atoms with Crippen LogP contribution in [0.4, 0.5) is 0 Å². The van der Waals surface area contributed by atoms with Gasteiger partial charge in [-0.1, -0.05) is 0 Å². The maximum Gasteiger partial charge on any atom is 0.273 e. The van der Waals surface area contributed by atoms with Crippen LogP contribution in [0.2, 0.25) is 0 Å². The second-order valence-electron chi connectivity index (χ2n) is 2.35. The third-order valence-corrected chi connectivity index (χ3v) is 2.39. The number of aromatic amines is 1. The molecule has 0 radical (unpaired) electrons. The molecule has 1 aromatic rings. The molecule has 0 aliphatic heterocycles. The van der Waals surface area contributed by atoms with E-state index in [4.69, 9.17) is 5.26 Å². The molecule has 1 amide bonds. The number of nitriles is 1. The SMILES string of the molecule is Cc1[nH]nc(C(=O)NCC#N)c1Br. The zero-order valence-electron chi connectivity index (χ0n) is 6.89. The molecule has 0 aromatic carbocycles. The second-order valence-corrected chi connectivity index (χ2v) is 3.14. The van der Waals surface area contributed by atoms with Gasteiger partial charge in [-0.05, 0) is 22.9 Å². The minimum Gasteiger partial charge on any atom is -0.338 e. The molecule has 0 spiro atoms. The highest BCUT2D eigenvalue weighted by Gasteiger charge is 2.14.